The summed E-state index contributed by atoms with van der Waals surface area (Å²) in [6.07, 6.45) is 2.21. The molecular weight excluding hydrogens is 278 g/mol. The van der Waals surface area contributed by atoms with E-state index >= 15 is 0 Å². The summed E-state index contributed by atoms with van der Waals surface area (Å²) >= 11 is 0. The highest BCUT2D eigenvalue weighted by atomic mass is 16.6. The van der Waals surface area contributed by atoms with Gasteiger partial charge in [-0.15, -0.1) is 0 Å². The zero-order chi connectivity index (χ0) is 16.7. The molecule has 0 aromatic heterocycles. The smallest absolute Gasteiger partial charge is 0.330 e. The van der Waals surface area contributed by atoms with Gasteiger partial charge in [-0.3, -0.25) is 4.79 Å². The lowest BCUT2D eigenvalue weighted by Gasteiger charge is -2.07. The molecule has 0 radical (unpaired) electrons. The monoisotopic (exact) mass is 301 g/mol. The number of rotatable bonds is 8. The molecular formula is C14H23NO6. The van der Waals surface area contributed by atoms with Gasteiger partial charge in [0, 0.05) is 25.6 Å². The highest BCUT2D eigenvalue weighted by molar-refractivity contribution is 5.81. The van der Waals surface area contributed by atoms with Crippen LogP contribution in [0.1, 0.15) is 6.92 Å². The first kappa shape index (κ1) is 21.2. The highest BCUT2D eigenvalue weighted by Crippen LogP contribution is 1.81. The van der Waals surface area contributed by atoms with E-state index in [1.54, 1.807) is 0 Å². The third kappa shape index (κ3) is 20.3. The first-order valence-corrected chi connectivity index (χ1v) is 6.20. The zero-order valence-electron chi connectivity index (χ0n) is 12.8. The van der Waals surface area contributed by atoms with Crippen LogP contribution in [0.15, 0.2) is 25.3 Å². The number of carbonyl (C=O) groups excluding carboxylic acids is 3. The standard InChI is InChI=1S/C7H13NO2.C7H10O4/c1-4-7(9)10-6-5-8(2)3;1-3-7(9)11-5-4-10-6(2)8/h4H,1,5-6H2,2-3H3;3H,1,4-5H2,2H3. The van der Waals surface area contributed by atoms with Crippen molar-refractivity contribution < 1.29 is 28.6 Å². The molecule has 0 spiro atoms. The van der Waals surface area contributed by atoms with E-state index in [0.717, 1.165) is 18.7 Å². The van der Waals surface area contributed by atoms with E-state index in [2.05, 4.69) is 22.6 Å². The molecule has 0 bridgehead atoms. The lowest BCUT2D eigenvalue weighted by atomic mass is 10.6. The third-order valence-corrected chi connectivity index (χ3v) is 1.75. The maximum Gasteiger partial charge on any atom is 0.330 e. The molecule has 7 nitrogen and oxygen atoms in total. The molecule has 0 saturated carbocycles. The Morgan fingerprint density at radius 2 is 1.33 bits per heavy atom. The second kappa shape index (κ2) is 14.3. The summed E-state index contributed by atoms with van der Waals surface area (Å²) in [5, 5.41) is 0. The fraction of sp³-hybridized carbons (Fsp3) is 0.500. The molecule has 7 heteroatoms. The van der Waals surface area contributed by atoms with Gasteiger partial charge in [-0.2, -0.15) is 0 Å². The SMILES string of the molecule is C=CC(=O)OCCN(C)C.C=CC(=O)OCCOC(C)=O. The van der Waals surface area contributed by atoms with Gasteiger partial charge in [0.1, 0.15) is 19.8 Å². The first-order chi connectivity index (χ1) is 9.83. The molecule has 0 amide bonds. The topological polar surface area (TPSA) is 82.1 Å². The maximum absolute atomic E-state index is 10.4. The molecule has 0 N–H and O–H groups in total. The quantitative estimate of drug-likeness (QED) is 0.280. The van der Waals surface area contributed by atoms with Crippen LogP contribution in [0.4, 0.5) is 0 Å². The molecule has 0 aromatic carbocycles. The van der Waals surface area contributed by atoms with Crippen molar-refractivity contribution in [3.05, 3.63) is 25.3 Å². The van der Waals surface area contributed by atoms with Crippen molar-refractivity contribution in [1.29, 1.82) is 0 Å². The summed E-state index contributed by atoms with van der Waals surface area (Å²) in [5.74, 6) is -1.27. The molecule has 0 unspecified atom stereocenters. The van der Waals surface area contributed by atoms with E-state index in [9.17, 15) is 14.4 Å². The van der Waals surface area contributed by atoms with E-state index < -0.39 is 5.97 Å². The average molecular weight is 301 g/mol. The van der Waals surface area contributed by atoms with Crippen LogP contribution in [0.3, 0.4) is 0 Å². The van der Waals surface area contributed by atoms with Crippen molar-refractivity contribution in [2.45, 2.75) is 6.92 Å². The van der Waals surface area contributed by atoms with Crippen LogP contribution in [0.5, 0.6) is 0 Å². The van der Waals surface area contributed by atoms with Gasteiger partial charge in [-0.1, -0.05) is 13.2 Å². The molecule has 0 aliphatic heterocycles. The minimum absolute atomic E-state index is 0.0738. The number of ether oxygens (including phenoxy) is 3. The molecule has 120 valence electrons. The Balaban J connectivity index is 0. The second-order valence-corrected chi connectivity index (χ2v) is 3.89. The number of hydrogen-bond donors (Lipinski definition) is 0. The summed E-state index contributed by atoms with van der Waals surface area (Å²) in [4.78, 5) is 32.9. The van der Waals surface area contributed by atoms with Crippen LogP contribution < -0.4 is 0 Å². The van der Waals surface area contributed by atoms with Gasteiger partial charge < -0.3 is 19.1 Å². The van der Waals surface area contributed by atoms with Crippen molar-refractivity contribution in [3.63, 3.8) is 0 Å². The Labute approximate surface area is 125 Å². The zero-order valence-corrected chi connectivity index (χ0v) is 12.8. The lowest BCUT2D eigenvalue weighted by Crippen LogP contribution is -2.19. The fourth-order valence-electron chi connectivity index (χ4n) is 0.774. The van der Waals surface area contributed by atoms with Crippen LogP contribution >= 0.6 is 0 Å². The van der Waals surface area contributed by atoms with Gasteiger partial charge in [-0.25, -0.2) is 9.59 Å². The summed E-state index contributed by atoms with van der Waals surface area (Å²) < 4.78 is 13.7. The lowest BCUT2D eigenvalue weighted by molar-refractivity contribution is -0.147. The van der Waals surface area contributed by atoms with Gasteiger partial charge in [0.25, 0.3) is 0 Å². The number of likely N-dealkylation sites (N-methyl/N-ethyl adjacent to an activating group) is 1. The Bertz CT molecular complexity index is 351. The molecule has 0 aliphatic rings. The summed E-state index contributed by atoms with van der Waals surface area (Å²) in [6, 6.07) is 0. The summed E-state index contributed by atoms with van der Waals surface area (Å²) in [6.45, 7) is 9.09. The second-order valence-electron chi connectivity index (χ2n) is 3.89. The van der Waals surface area contributed by atoms with E-state index in [-0.39, 0.29) is 25.2 Å². The first-order valence-electron chi connectivity index (χ1n) is 6.20. The average Bonchev–Trinajstić information content (AvgIpc) is 2.43. The van der Waals surface area contributed by atoms with Crippen molar-refractivity contribution in [2.75, 3.05) is 40.5 Å². The van der Waals surface area contributed by atoms with Gasteiger partial charge >= 0.3 is 17.9 Å². The molecule has 0 heterocycles. The van der Waals surface area contributed by atoms with E-state index in [0.29, 0.717) is 6.61 Å². The summed E-state index contributed by atoms with van der Waals surface area (Å²) in [5.41, 5.74) is 0. The van der Waals surface area contributed by atoms with Crippen LogP contribution in [0.2, 0.25) is 0 Å². The minimum Gasteiger partial charge on any atom is -0.462 e. The van der Waals surface area contributed by atoms with Crippen LogP contribution in [0.25, 0.3) is 0 Å². The predicted molar refractivity (Wildman–Crippen MR) is 77.5 cm³/mol. The van der Waals surface area contributed by atoms with Crippen LogP contribution in [-0.4, -0.2) is 63.3 Å². The molecule has 0 saturated heterocycles. The Morgan fingerprint density at radius 1 is 0.905 bits per heavy atom. The maximum atomic E-state index is 10.4. The highest BCUT2D eigenvalue weighted by Gasteiger charge is 1.96. The van der Waals surface area contributed by atoms with Crippen LogP contribution in [0, 0.1) is 0 Å². The molecule has 0 atom stereocenters. The fourth-order valence-corrected chi connectivity index (χ4v) is 0.774. The Hall–Kier alpha value is -2.15. The normalized spacial score (nSPS) is 8.95. The van der Waals surface area contributed by atoms with E-state index in [4.69, 9.17) is 4.74 Å². The van der Waals surface area contributed by atoms with Crippen molar-refractivity contribution in [3.8, 4) is 0 Å². The van der Waals surface area contributed by atoms with Gasteiger partial charge in [-0.05, 0) is 14.1 Å². The van der Waals surface area contributed by atoms with E-state index in [1.807, 2.05) is 19.0 Å². The minimum atomic E-state index is -0.517. The number of esters is 3. The van der Waals surface area contributed by atoms with Crippen molar-refractivity contribution >= 4 is 17.9 Å². The Morgan fingerprint density at radius 3 is 1.71 bits per heavy atom. The van der Waals surface area contributed by atoms with Gasteiger partial charge in [0.05, 0.1) is 0 Å². The molecule has 21 heavy (non-hydrogen) atoms. The van der Waals surface area contributed by atoms with Gasteiger partial charge in [0.2, 0.25) is 0 Å². The molecule has 0 fully saturated rings. The number of nitrogens with zero attached hydrogens (tertiary/aromatic N) is 1. The number of carbonyl (C=O) groups is 3. The summed E-state index contributed by atoms with van der Waals surface area (Å²) in [7, 11) is 3.84. The van der Waals surface area contributed by atoms with Gasteiger partial charge in [0.15, 0.2) is 0 Å². The third-order valence-electron chi connectivity index (χ3n) is 1.75. The Kier molecular flexibility index (Phi) is 14.4. The van der Waals surface area contributed by atoms with Crippen molar-refractivity contribution in [2.24, 2.45) is 0 Å². The predicted octanol–water partition coefficient (Wildman–Crippen LogP) is 0.556. The molecule has 0 aliphatic carbocycles. The number of hydrogen-bond acceptors (Lipinski definition) is 7. The van der Waals surface area contributed by atoms with E-state index in [1.165, 1.54) is 6.92 Å². The van der Waals surface area contributed by atoms with Crippen molar-refractivity contribution in [1.82, 2.24) is 4.90 Å². The molecule has 0 rings (SSSR count). The van der Waals surface area contributed by atoms with Crippen LogP contribution in [-0.2, 0) is 28.6 Å². The molecule has 0 aromatic rings. The largest absolute Gasteiger partial charge is 0.462 e.